The third kappa shape index (κ3) is 3.23. The summed E-state index contributed by atoms with van der Waals surface area (Å²) in [5.74, 6) is -1.15. The molecule has 0 heterocycles. The van der Waals surface area contributed by atoms with Crippen LogP contribution in [0, 0.1) is 17.1 Å². The molecule has 0 spiro atoms. The topological polar surface area (TPSA) is 59.0 Å². The number of nitrogens with zero attached hydrogens (tertiary/aromatic N) is 1. The van der Waals surface area contributed by atoms with Crippen LogP contribution in [0.15, 0.2) is 36.4 Å². The number of ether oxygens (including phenoxy) is 1. The normalized spacial score (nSPS) is 11.0. The molecule has 2 aromatic rings. The lowest BCUT2D eigenvalue weighted by atomic mass is 10.2. The van der Waals surface area contributed by atoms with Gasteiger partial charge in [-0.1, -0.05) is 0 Å². The first-order valence-electron chi connectivity index (χ1n) is 5.65. The summed E-state index contributed by atoms with van der Waals surface area (Å²) in [4.78, 5) is 0. The zero-order valence-electron chi connectivity index (χ0n) is 10.4. The zero-order valence-corrected chi connectivity index (χ0v) is 10.4. The number of nitrogen functional groups attached to an aromatic ring is 1. The Kier molecular flexibility index (Phi) is 3.72. The number of halogens is 4. The van der Waals surface area contributed by atoms with Gasteiger partial charge in [0, 0.05) is 0 Å². The highest BCUT2D eigenvalue weighted by Crippen LogP contribution is 2.35. The number of nitrogens with two attached hydrogens (primary N) is 1. The third-order valence-electron chi connectivity index (χ3n) is 2.62. The monoisotopic (exact) mass is 296 g/mol. The van der Waals surface area contributed by atoms with Gasteiger partial charge < -0.3 is 10.5 Å². The summed E-state index contributed by atoms with van der Waals surface area (Å²) in [5, 5.41) is 8.61. The van der Waals surface area contributed by atoms with E-state index in [2.05, 4.69) is 0 Å². The number of rotatable bonds is 2. The van der Waals surface area contributed by atoms with E-state index < -0.39 is 17.6 Å². The fourth-order valence-corrected chi connectivity index (χ4v) is 1.59. The van der Waals surface area contributed by atoms with Crippen molar-refractivity contribution in [2.45, 2.75) is 6.18 Å². The Balaban J connectivity index is 2.31. The SMILES string of the molecule is N#Cc1ccc(Oc2ccc(C(F)(F)F)cc2N)c(F)c1. The van der Waals surface area contributed by atoms with Crippen LogP contribution in [-0.2, 0) is 6.18 Å². The third-order valence-corrected chi connectivity index (χ3v) is 2.62. The lowest BCUT2D eigenvalue weighted by molar-refractivity contribution is -0.137. The smallest absolute Gasteiger partial charge is 0.416 e. The molecule has 0 fully saturated rings. The molecule has 0 unspecified atom stereocenters. The summed E-state index contributed by atoms with van der Waals surface area (Å²) in [5.41, 5.74) is 4.38. The van der Waals surface area contributed by atoms with E-state index in [1.165, 1.54) is 12.1 Å². The molecular weight excluding hydrogens is 288 g/mol. The Bertz CT molecular complexity index is 720. The summed E-state index contributed by atoms with van der Waals surface area (Å²) < 4.78 is 56.2. The Morgan fingerprint density at radius 1 is 1.05 bits per heavy atom. The molecule has 21 heavy (non-hydrogen) atoms. The maximum absolute atomic E-state index is 13.6. The minimum Gasteiger partial charge on any atom is -0.452 e. The second kappa shape index (κ2) is 5.32. The van der Waals surface area contributed by atoms with Gasteiger partial charge in [0.05, 0.1) is 22.9 Å². The minimum absolute atomic E-state index is 0.0974. The Hall–Kier alpha value is -2.75. The Morgan fingerprint density at radius 2 is 1.71 bits per heavy atom. The molecule has 7 heteroatoms. The first-order valence-corrected chi connectivity index (χ1v) is 5.65. The highest BCUT2D eigenvalue weighted by atomic mass is 19.4. The first kappa shape index (κ1) is 14.7. The molecule has 0 aromatic heterocycles. The molecule has 3 nitrogen and oxygen atoms in total. The second-order valence-electron chi connectivity index (χ2n) is 4.11. The zero-order chi connectivity index (χ0) is 15.6. The maximum Gasteiger partial charge on any atom is 0.416 e. The quantitative estimate of drug-likeness (QED) is 0.670. The largest absolute Gasteiger partial charge is 0.452 e. The van der Waals surface area contributed by atoms with Crippen LogP contribution in [0.5, 0.6) is 11.5 Å². The molecule has 0 bridgehead atoms. The maximum atomic E-state index is 13.6. The highest BCUT2D eigenvalue weighted by Gasteiger charge is 2.31. The fraction of sp³-hybridized carbons (Fsp3) is 0.0714. The molecule has 2 aromatic carbocycles. The van der Waals surface area contributed by atoms with E-state index in [0.29, 0.717) is 6.07 Å². The number of alkyl halides is 3. The van der Waals surface area contributed by atoms with Crippen LogP contribution < -0.4 is 10.5 Å². The lowest BCUT2D eigenvalue weighted by Crippen LogP contribution is -2.06. The molecule has 2 N–H and O–H groups in total. The minimum atomic E-state index is -4.52. The van der Waals surface area contributed by atoms with Crippen LogP contribution in [0.4, 0.5) is 23.2 Å². The van der Waals surface area contributed by atoms with Gasteiger partial charge in [-0.3, -0.25) is 0 Å². The lowest BCUT2D eigenvalue weighted by Gasteiger charge is -2.12. The van der Waals surface area contributed by atoms with Gasteiger partial charge in [0.15, 0.2) is 11.6 Å². The van der Waals surface area contributed by atoms with E-state index in [4.69, 9.17) is 15.7 Å². The molecule has 0 radical (unpaired) electrons. The Morgan fingerprint density at radius 3 is 2.24 bits per heavy atom. The Labute approximate surface area is 117 Å². The second-order valence-corrected chi connectivity index (χ2v) is 4.11. The van der Waals surface area contributed by atoms with Crippen molar-refractivity contribution >= 4 is 5.69 Å². The van der Waals surface area contributed by atoms with Crippen molar-refractivity contribution < 1.29 is 22.3 Å². The van der Waals surface area contributed by atoms with Crippen molar-refractivity contribution in [1.29, 1.82) is 5.26 Å². The number of nitriles is 1. The summed E-state index contributed by atoms with van der Waals surface area (Å²) >= 11 is 0. The van der Waals surface area contributed by atoms with Crippen molar-refractivity contribution in [3.63, 3.8) is 0 Å². The van der Waals surface area contributed by atoms with Gasteiger partial charge in [0.25, 0.3) is 0 Å². The number of hydrogen-bond acceptors (Lipinski definition) is 3. The summed E-state index contributed by atoms with van der Waals surface area (Å²) in [6, 6.07) is 7.72. The summed E-state index contributed by atoms with van der Waals surface area (Å²) in [7, 11) is 0. The van der Waals surface area contributed by atoms with Gasteiger partial charge >= 0.3 is 6.18 Å². The van der Waals surface area contributed by atoms with Crippen molar-refractivity contribution in [2.75, 3.05) is 5.73 Å². The first-order chi connectivity index (χ1) is 9.81. The molecule has 0 amide bonds. The predicted octanol–water partition coefficient (Wildman–Crippen LogP) is 4.09. The van der Waals surface area contributed by atoms with Crippen LogP contribution in [0.25, 0.3) is 0 Å². The number of hydrogen-bond donors (Lipinski definition) is 1. The van der Waals surface area contributed by atoms with E-state index in [0.717, 1.165) is 18.2 Å². The van der Waals surface area contributed by atoms with Crippen molar-refractivity contribution in [2.24, 2.45) is 0 Å². The molecule has 0 aliphatic rings. The van der Waals surface area contributed by atoms with Crippen LogP contribution in [0.2, 0.25) is 0 Å². The van der Waals surface area contributed by atoms with Gasteiger partial charge in [-0.15, -0.1) is 0 Å². The molecule has 0 saturated heterocycles. The predicted molar refractivity (Wildman–Crippen MR) is 67.0 cm³/mol. The molecule has 0 saturated carbocycles. The summed E-state index contributed by atoms with van der Waals surface area (Å²) in [6.07, 6.45) is -4.52. The van der Waals surface area contributed by atoms with Gasteiger partial charge in [0.2, 0.25) is 0 Å². The van der Waals surface area contributed by atoms with Crippen LogP contribution in [-0.4, -0.2) is 0 Å². The molecule has 0 atom stereocenters. The molecule has 108 valence electrons. The van der Waals surface area contributed by atoms with E-state index >= 15 is 0 Å². The average Bonchev–Trinajstić information content (AvgIpc) is 2.41. The molecule has 2 rings (SSSR count). The summed E-state index contributed by atoms with van der Waals surface area (Å²) in [6.45, 7) is 0. The van der Waals surface area contributed by atoms with E-state index in [1.54, 1.807) is 6.07 Å². The average molecular weight is 296 g/mol. The van der Waals surface area contributed by atoms with Gasteiger partial charge in [-0.05, 0) is 36.4 Å². The van der Waals surface area contributed by atoms with Gasteiger partial charge in [0.1, 0.15) is 5.75 Å². The van der Waals surface area contributed by atoms with E-state index in [9.17, 15) is 17.6 Å². The highest BCUT2D eigenvalue weighted by molar-refractivity contribution is 5.56. The van der Waals surface area contributed by atoms with E-state index in [-0.39, 0.29) is 22.7 Å². The number of anilines is 1. The van der Waals surface area contributed by atoms with E-state index in [1.807, 2.05) is 0 Å². The number of benzene rings is 2. The van der Waals surface area contributed by atoms with Gasteiger partial charge in [-0.2, -0.15) is 18.4 Å². The molecular formula is C14H8F4N2O. The van der Waals surface area contributed by atoms with Gasteiger partial charge in [-0.25, -0.2) is 4.39 Å². The van der Waals surface area contributed by atoms with Crippen molar-refractivity contribution in [1.82, 2.24) is 0 Å². The van der Waals surface area contributed by atoms with Crippen LogP contribution in [0.3, 0.4) is 0 Å². The van der Waals surface area contributed by atoms with Crippen molar-refractivity contribution in [3.05, 3.63) is 53.3 Å². The van der Waals surface area contributed by atoms with Crippen LogP contribution >= 0.6 is 0 Å². The standard InChI is InChI=1S/C14H8F4N2O/c15-10-5-8(7-19)1-3-12(10)21-13-4-2-9(6-11(13)20)14(16,17)18/h1-6H,20H2. The molecule has 0 aliphatic heterocycles. The van der Waals surface area contributed by atoms with Crippen LogP contribution in [0.1, 0.15) is 11.1 Å². The fourth-order valence-electron chi connectivity index (χ4n) is 1.59. The molecule has 0 aliphatic carbocycles. The van der Waals surface area contributed by atoms with Crippen molar-refractivity contribution in [3.8, 4) is 17.6 Å².